The Kier molecular flexibility index (Phi) is 8.75. The lowest BCUT2D eigenvalue weighted by Crippen LogP contribution is -1.85. The Morgan fingerprint density at radius 2 is 0.538 bits per heavy atom. The average molecular weight is 178 g/mol. The first-order valence-electron chi connectivity index (χ1n) is 5.00. The van der Waals surface area contributed by atoms with Crippen LogP contribution < -0.4 is 0 Å². The first-order valence-corrected chi connectivity index (χ1v) is 5.00. The van der Waals surface area contributed by atoms with Crippen molar-refractivity contribution in [3.8, 4) is 0 Å². The van der Waals surface area contributed by atoms with Crippen molar-refractivity contribution in [2.75, 3.05) is 0 Å². The molecule has 0 aromatic heterocycles. The van der Waals surface area contributed by atoms with Gasteiger partial charge in [-0.15, -0.1) is 0 Å². The van der Waals surface area contributed by atoms with Gasteiger partial charge in [0.1, 0.15) is 0 Å². The molecular weight excluding hydrogens is 156 g/mol. The molecule has 2 rings (SSSR count). The van der Waals surface area contributed by atoms with Crippen molar-refractivity contribution in [3.05, 3.63) is 36.4 Å². The lowest BCUT2D eigenvalue weighted by Gasteiger charge is -2.05. The fourth-order valence-corrected chi connectivity index (χ4v) is 1.45. The summed E-state index contributed by atoms with van der Waals surface area (Å²) in [5.41, 5.74) is 0. The molecule has 1 aliphatic carbocycles. The summed E-state index contributed by atoms with van der Waals surface area (Å²) in [6, 6.07) is 12.0. The number of hydrogen-bond acceptors (Lipinski definition) is 0. The van der Waals surface area contributed by atoms with Gasteiger partial charge in [0.15, 0.2) is 0 Å². The molecule has 0 nitrogen and oxygen atoms in total. The van der Waals surface area contributed by atoms with Gasteiger partial charge >= 0.3 is 0 Å². The standard InChI is InChI=1S/C6H12.C6H6.CH4/c2*1-2-4-6-5-3-1;/h1-6H2;1-6H;1H4. The third-order valence-corrected chi connectivity index (χ3v) is 2.17. The van der Waals surface area contributed by atoms with E-state index < -0.39 is 0 Å². The van der Waals surface area contributed by atoms with Crippen molar-refractivity contribution >= 4 is 0 Å². The fourth-order valence-electron chi connectivity index (χ4n) is 1.45. The third kappa shape index (κ3) is 7.58. The molecule has 0 N–H and O–H groups in total. The molecule has 1 fully saturated rings. The SMILES string of the molecule is C.C1CCCCC1.c1ccccc1. The monoisotopic (exact) mass is 178 g/mol. The van der Waals surface area contributed by atoms with Crippen LogP contribution in [-0.4, -0.2) is 0 Å². The smallest absolute Gasteiger partial charge is 0.0533 e. The molecule has 1 aliphatic rings. The van der Waals surface area contributed by atoms with Gasteiger partial charge in [-0.2, -0.15) is 0 Å². The predicted octanol–water partition coefficient (Wildman–Crippen LogP) is 4.66. The molecule has 1 aromatic rings. The maximum Gasteiger partial charge on any atom is -0.0533 e. The van der Waals surface area contributed by atoms with Crippen molar-refractivity contribution in [2.45, 2.75) is 46.0 Å². The zero-order valence-electron chi connectivity index (χ0n) is 7.71. The molecule has 13 heavy (non-hydrogen) atoms. The van der Waals surface area contributed by atoms with Crippen LogP contribution in [0.4, 0.5) is 0 Å². The van der Waals surface area contributed by atoms with Crippen molar-refractivity contribution in [2.24, 2.45) is 0 Å². The molecule has 0 saturated heterocycles. The van der Waals surface area contributed by atoms with E-state index in [1.165, 1.54) is 38.5 Å². The Morgan fingerprint density at radius 3 is 0.692 bits per heavy atom. The molecule has 0 heteroatoms. The summed E-state index contributed by atoms with van der Waals surface area (Å²) in [4.78, 5) is 0. The summed E-state index contributed by atoms with van der Waals surface area (Å²) in [5.74, 6) is 0. The van der Waals surface area contributed by atoms with Gasteiger partial charge in [-0.3, -0.25) is 0 Å². The first-order chi connectivity index (χ1) is 6.00. The van der Waals surface area contributed by atoms with Crippen LogP contribution in [0.1, 0.15) is 46.0 Å². The van der Waals surface area contributed by atoms with Gasteiger partial charge in [-0.25, -0.2) is 0 Å². The van der Waals surface area contributed by atoms with E-state index in [0.29, 0.717) is 0 Å². The van der Waals surface area contributed by atoms with E-state index in [1.54, 1.807) is 0 Å². The van der Waals surface area contributed by atoms with E-state index in [1.807, 2.05) is 36.4 Å². The first kappa shape index (κ1) is 12.2. The minimum absolute atomic E-state index is 0. The van der Waals surface area contributed by atoms with Gasteiger partial charge in [0.25, 0.3) is 0 Å². The molecule has 0 atom stereocenters. The largest absolute Gasteiger partial charge is 0.0776 e. The van der Waals surface area contributed by atoms with E-state index in [2.05, 4.69) is 0 Å². The van der Waals surface area contributed by atoms with Crippen LogP contribution in [0, 0.1) is 0 Å². The molecular formula is C13H22. The van der Waals surface area contributed by atoms with E-state index in [-0.39, 0.29) is 7.43 Å². The van der Waals surface area contributed by atoms with Crippen LogP contribution in [-0.2, 0) is 0 Å². The molecule has 0 heterocycles. The number of rotatable bonds is 0. The summed E-state index contributed by atoms with van der Waals surface area (Å²) in [7, 11) is 0. The third-order valence-electron chi connectivity index (χ3n) is 2.17. The van der Waals surface area contributed by atoms with Gasteiger partial charge in [-0.1, -0.05) is 82.3 Å². The summed E-state index contributed by atoms with van der Waals surface area (Å²) in [5, 5.41) is 0. The summed E-state index contributed by atoms with van der Waals surface area (Å²) >= 11 is 0. The van der Waals surface area contributed by atoms with Crippen molar-refractivity contribution in [1.82, 2.24) is 0 Å². The maximum atomic E-state index is 2.00. The Labute approximate surface area is 83.0 Å². The lowest BCUT2D eigenvalue weighted by molar-refractivity contribution is 0.504. The van der Waals surface area contributed by atoms with Crippen molar-refractivity contribution in [3.63, 3.8) is 0 Å². The highest BCUT2D eigenvalue weighted by Gasteiger charge is 1.95. The van der Waals surface area contributed by atoms with Crippen LogP contribution in [0.25, 0.3) is 0 Å². The normalized spacial score (nSPS) is 14.8. The zero-order chi connectivity index (χ0) is 8.49. The van der Waals surface area contributed by atoms with Crippen LogP contribution in [0.15, 0.2) is 36.4 Å². The number of benzene rings is 1. The van der Waals surface area contributed by atoms with Gasteiger partial charge in [0, 0.05) is 0 Å². The minimum Gasteiger partial charge on any atom is -0.0776 e. The van der Waals surface area contributed by atoms with Crippen molar-refractivity contribution < 1.29 is 0 Å². The van der Waals surface area contributed by atoms with Gasteiger partial charge in [0.05, 0.1) is 0 Å². The fraction of sp³-hybridized carbons (Fsp3) is 0.538. The van der Waals surface area contributed by atoms with Crippen LogP contribution in [0.2, 0.25) is 0 Å². The van der Waals surface area contributed by atoms with Crippen LogP contribution >= 0.6 is 0 Å². The van der Waals surface area contributed by atoms with Crippen LogP contribution in [0.5, 0.6) is 0 Å². The molecule has 1 aromatic carbocycles. The lowest BCUT2D eigenvalue weighted by atomic mass is 10.0. The van der Waals surface area contributed by atoms with Gasteiger partial charge in [-0.05, 0) is 0 Å². The highest BCUT2D eigenvalue weighted by Crippen LogP contribution is 2.15. The average Bonchev–Trinajstić information content (AvgIpc) is 2.24. The number of hydrogen-bond donors (Lipinski definition) is 0. The molecule has 1 saturated carbocycles. The highest BCUT2D eigenvalue weighted by molar-refractivity contribution is 4.99. The Bertz CT molecular complexity index is 124. The summed E-state index contributed by atoms with van der Waals surface area (Å²) < 4.78 is 0. The van der Waals surface area contributed by atoms with E-state index in [4.69, 9.17) is 0 Å². The van der Waals surface area contributed by atoms with Crippen LogP contribution in [0.3, 0.4) is 0 Å². The Hall–Kier alpha value is -0.780. The molecule has 0 bridgehead atoms. The second-order valence-electron chi connectivity index (χ2n) is 3.28. The van der Waals surface area contributed by atoms with Gasteiger partial charge < -0.3 is 0 Å². The van der Waals surface area contributed by atoms with Gasteiger partial charge in [0.2, 0.25) is 0 Å². The van der Waals surface area contributed by atoms with E-state index >= 15 is 0 Å². The van der Waals surface area contributed by atoms with E-state index in [0.717, 1.165) is 0 Å². The van der Waals surface area contributed by atoms with Crippen molar-refractivity contribution in [1.29, 1.82) is 0 Å². The molecule has 0 amide bonds. The minimum atomic E-state index is 0. The molecule has 0 spiro atoms. The second-order valence-corrected chi connectivity index (χ2v) is 3.28. The zero-order valence-corrected chi connectivity index (χ0v) is 7.71. The molecule has 0 unspecified atom stereocenters. The second kappa shape index (κ2) is 9.31. The van der Waals surface area contributed by atoms with E-state index in [9.17, 15) is 0 Å². The molecule has 74 valence electrons. The molecule has 0 aliphatic heterocycles. The Balaban J connectivity index is 0.000000206. The predicted molar refractivity (Wildman–Crippen MR) is 60.9 cm³/mol. The summed E-state index contributed by atoms with van der Waals surface area (Å²) in [6.45, 7) is 0. The summed E-state index contributed by atoms with van der Waals surface area (Å²) in [6.07, 6.45) is 9.00. The molecule has 0 radical (unpaired) electrons. The topological polar surface area (TPSA) is 0 Å². The maximum absolute atomic E-state index is 2.00. The Morgan fingerprint density at radius 1 is 0.385 bits per heavy atom. The highest BCUT2D eigenvalue weighted by atomic mass is 14.0. The quantitative estimate of drug-likeness (QED) is 0.542.